The fourth-order valence-electron chi connectivity index (χ4n) is 3.59. The van der Waals surface area contributed by atoms with Crippen LogP contribution in [-0.2, 0) is 17.4 Å². The highest BCUT2D eigenvalue weighted by Gasteiger charge is 2.35. The Labute approximate surface area is 196 Å². The number of halogens is 4. The number of amides is 1. The number of rotatable bonds is 6. The molecule has 11 heteroatoms. The number of anilines is 1. The Hall–Kier alpha value is -4.28. The molecule has 0 spiro atoms. The highest BCUT2D eigenvalue weighted by molar-refractivity contribution is 6.06. The molecule has 2 N–H and O–H groups in total. The van der Waals surface area contributed by atoms with E-state index in [1.807, 2.05) is 0 Å². The van der Waals surface area contributed by atoms with Gasteiger partial charge in [-0.3, -0.25) is 9.59 Å². The van der Waals surface area contributed by atoms with Gasteiger partial charge in [0.25, 0.3) is 0 Å². The molecule has 35 heavy (non-hydrogen) atoms. The van der Waals surface area contributed by atoms with E-state index in [0.29, 0.717) is 33.8 Å². The van der Waals surface area contributed by atoms with Gasteiger partial charge in [0.15, 0.2) is 5.78 Å². The lowest BCUT2D eigenvalue weighted by atomic mass is 10.0. The summed E-state index contributed by atoms with van der Waals surface area (Å²) in [5, 5.41) is 2.89. The molecule has 0 fully saturated rings. The van der Waals surface area contributed by atoms with Crippen molar-refractivity contribution in [3.8, 4) is 17.0 Å². The number of hydrogen-bond acceptors (Lipinski definition) is 5. The third kappa shape index (κ3) is 4.98. The van der Waals surface area contributed by atoms with Crippen molar-refractivity contribution in [1.29, 1.82) is 0 Å². The third-order valence-corrected chi connectivity index (χ3v) is 5.28. The van der Waals surface area contributed by atoms with Gasteiger partial charge in [-0.15, -0.1) is 0 Å². The average Bonchev–Trinajstić information content (AvgIpc) is 3.23. The first-order chi connectivity index (χ1) is 16.6. The summed E-state index contributed by atoms with van der Waals surface area (Å²) in [5.41, 5.74) is 0.731. The zero-order valence-corrected chi connectivity index (χ0v) is 18.5. The maximum absolute atomic E-state index is 14.8. The summed E-state index contributed by atoms with van der Waals surface area (Å²) in [6.07, 6.45) is -1.04. The van der Waals surface area contributed by atoms with Crippen LogP contribution in [-0.4, -0.2) is 33.8 Å². The van der Waals surface area contributed by atoms with Gasteiger partial charge in [-0.25, -0.2) is 14.4 Å². The van der Waals surface area contributed by atoms with Crippen LogP contribution < -0.4 is 10.1 Å². The number of fused-ring (bicyclic) bond motifs is 1. The van der Waals surface area contributed by atoms with Gasteiger partial charge >= 0.3 is 6.18 Å². The van der Waals surface area contributed by atoms with E-state index in [0.717, 1.165) is 13.3 Å². The molecule has 3 aromatic heterocycles. The number of ketones is 1. The number of carbonyl (C=O) groups is 2. The molecule has 1 aromatic carbocycles. The van der Waals surface area contributed by atoms with Crippen LogP contribution in [0.3, 0.4) is 0 Å². The van der Waals surface area contributed by atoms with Crippen molar-refractivity contribution in [2.45, 2.75) is 19.5 Å². The largest absolute Gasteiger partial charge is 0.481 e. The van der Waals surface area contributed by atoms with Crippen molar-refractivity contribution in [1.82, 2.24) is 15.0 Å². The molecule has 4 rings (SSSR count). The van der Waals surface area contributed by atoms with E-state index >= 15 is 0 Å². The van der Waals surface area contributed by atoms with Gasteiger partial charge in [0.2, 0.25) is 11.8 Å². The molecule has 0 radical (unpaired) electrons. The van der Waals surface area contributed by atoms with Crippen LogP contribution >= 0.6 is 0 Å². The monoisotopic (exact) mass is 486 g/mol. The molecule has 0 bridgehead atoms. The molecule has 0 aliphatic carbocycles. The van der Waals surface area contributed by atoms with Crippen LogP contribution in [0.1, 0.15) is 28.4 Å². The summed E-state index contributed by atoms with van der Waals surface area (Å²) in [6, 6.07) is 6.63. The second-order valence-corrected chi connectivity index (χ2v) is 7.69. The number of pyridine rings is 2. The zero-order valence-electron chi connectivity index (χ0n) is 18.5. The molecular formula is C24H18F4N4O3. The number of hydrogen-bond donors (Lipinski definition) is 2. The topological polar surface area (TPSA) is 97.0 Å². The minimum absolute atomic E-state index is 0.0453. The van der Waals surface area contributed by atoms with E-state index < -0.39 is 35.8 Å². The van der Waals surface area contributed by atoms with Crippen LogP contribution in [0.15, 0.2) is 48.9 Å². The number of ether oxygens (including phenoxy) is 1. The fraction of sp³-hybridized carbons (Fsp3) is 0.167. The van der Waals surface area contributed by atoms with Gasteiger partial charge in [-0.2, -0.15) is 13.2 Å². The molecule has 4 aromatic rings. The molecule has 1 amide bonds. The zero-order chi connectivity index (χ0) is 25.3. The Balaban J connectivity index is 1.53. The van der Waals surface area contributed by atoms with E-state index in [1.165, 1.54) is 25.3 Å². The lowest BCUT2D eigenvalue weighted by Gasteiger charge is -2.13. The van der Waals surface area contributed by atoms with Crippen LogP contribution in [0.4, 0.5) is 23.2 Å². The van der Waals surface area contributed by atoms with Gasteiger partial charge in [-0.1, -0.05) is 12.1 Å². The minimum atomic E-state index is -4.73. The maximum atomic E-state index is 14.8. The number of nitrogens with zero attached hydrogens (tertiary/aromatic N) is 2. The summed E-state index contributed by atoms with van der Waals surface area (Å²) < 4.78 is 58.9. The Morgan fingerprint density at radius 3 is 2.51 bits per heavy atom. The highest BCUT2D eigenvalue weighted by Crippen LogP contribution is 2.36. The fourth-order valence-corrected chi connectivity index (χ4v) is 3.59. The molecule has 0 aliphatic heterocycles. The standard InChI is InChI=1S/C24H18F4N4O3/c1-12(33)18-11-30-22-17(18)5-15(9-29-22)13-3-4-14(20(25)6-13)7-21(34)32-16-8-19(24(26,27)28)23(35-2)31-10-16/h3-6,8-11H,7H2,1-2H3,(H,29,30)(H,32,34). The maximum Gasteiger partial charge on any atom is 0.421 e. The van der Waals surface area contributed by atoms with Gasteiger partial charge in [-0.05, 0) is 36.2 Å². The van der Waals surface area contributed by atoms with Crippen molar-refractivity contribution in [3.05, 3.63) is 71.4 Å². The van der Waals surface area contributed by atoms with E-state index in [1.54, 1.807) is 18.3 Å². The number of H-pyrrole nitrogens is 1. The Morgan fingerprint density at radius 1 is 1.09 bits per heavy atom. The van der Waals surface area contributed by atoms with Crippen molar-refractivity contribution < 1.29 is 31.9 Å². The second kappa shape index (κ2) is 9.16. The normalized spacial score (nSPS) is 11.5. The van der Waals surface area contributed by atoms with E-state index in [4.69, 9.17) is 0 Å². The molecule has 0 atom stereocenters. The SMILES string of the molecule is COc1ncc(NC(=O)Cc2ccc(-c3cnc4[nH]cc(C(C)=O)c4c3)cc2F)cc1C(F)(F)F. The summed E-state index contributed by atoms with van der Waals surface area (Å²) >= 11 is 0. The predicted octanol–water partition coefficient (Wildman–Crippen LogP) is 5.18. The van der Waals surface area contributed by atoms with Crippen molar-refractivity contribution in [2.24, 2.45) is 0 Å². The summed E-state index contributed by atoms with van der Waals surface area (Å²) in [5.74, 6) is -2.17. The van der Waals surface area contributed by atoms with Crippen molar-refractivity contribution in [2.75, 3.05) is 12.4 Å². The molecule has 0 saturated carbocycles. The van der Waals surface area contributed by atoms with Crippen LogP contribution in [0.2, 0.25) is 0 Å². The number of methoxy groups -OCH3 is 1. The summed E-state index contributed by atoms with van der Waals surface area (Å²) in [7, 11) is 1.05. The van der Waals surface area contributed by atoms with Gasteiger partial charge in [0.1, 0.15) is 17.0 Å². The third-order valence-electron chi connectivity index (χ3n) is 5.28. The number of benzene rings is 1. The van der Waals surface area contributed by atoms with Crippen molar-refractivity contribution in [3.63, 3.8) is 0 Å². The van der Waals surface area contributed by atoms with E-state index in [9.17, 15) is 27.2 Å². The summed E-state index contributed by atoms with van der Waals surface area (Å²) in [6.45, 7) is 1.43. The molecule has 0 saturated heterocycles. The smallest absolute Gasteiger partial charge is 0.421 e. The molecule has 0 aliphatic rings. The molecular weight excluding hydrogens is 468 g/mol. The summed E-state index contributed by atoms with van der Waals surface area (Å²) in [4.78, 5) is 34.9. The van der Waals surface area contributed by atoms with Crippen LogP contribution in [0.25, 0.3) is 22.2 Å². The number of carbonyl (C=O) groups excluding carboxylic acids is 2. The van der Waals surface area contributed by atoms with Crippen LogP contribution in [0, 0.1) is 5.82 Å². The van der Waals surface area contributed by atoms with Crippen LogP contribution in [0.5, 0.6) is 5.88 Å². The van der Waals surface area contributed by atoms with Crippen molar-refractivity contribution >= 4 is 28.4 Å². The lowest BCUT2D eigenvalue weighted by molar-refractivity contribution is -0.139. The molecule has 180 valence electrons. The predicted molar refractivity (Wildman–Crippen MR) is 120 cm³/mol. The van der Waals surface area contributed by atoms with Gasteiger partial charge in [0.05, 0.1) is 25.4 Å². The second-order valence-electron chi connectivity index (χ2n) is 7.69. The average molecular weight is 486 g/mol. The number of nitrogens with one attached hydrogen (secondary N) is 2. The van der Waals surface area contributed by atoms with Gasteiger partial charge < -0.3 is 15.0 Å². The number of aromatic amines is 1. The number of Topliss-reactive ketones (excluding diaryl/α,β-unsaturated/α-hetero) is 1. The molecule has 7 nitrogen and oxygen atoms in total. The van der Waals surface area contributed by atoms with E-state index in [-0.39, 0.29) is 17.0 Å². The number of aromatic nitrogens is 3. The Bertz CT molecular complexity index is 1450. The number of alkyl halides is 3. The quantitative estimate of drug-likeness (QED) is 0.289. The Kier molecular flexibility index (Phi) is 6.25. The highest BCUT2D eigenvalue weighted by atomic mass is 19.4. The first kappa shape index (κ1) is 23.9. The minimum Gasteiger partial charge on any atom is -0.481 e. The van der Waals surface area contributed by atoms with E-state index in [2.05, 4.69) is 25.0 Å². The first-order valence-electron chi connectivity index (χ1n) is 10.2. The molecule has 0 unspecified atom stereocenters. The molecule has 3 heterocycles. The lowest BCUT2D eigenvalue weighted by Crippen LogP contribution is -2.17. The Morgan fingerprint density at radius 2 is 1.86 bits per heavy atom. The first-order valence-corrected chi connectivity index (χ1v) is 10.2. The van der Waals surface area contributed by atoms with Gasteiger partial charge in [0, 0.05) is 28.9 Å².